The summed E-state index contributed by atoms with van der Waals surface area (Å²) < 4.78 is 1.93. The van der Waals surface area contributed by atoms with Crippen LogP contribution in [0.5, 0.6) is 0 Å². The molecule has 0 saturated heterocycles. The van der Waals surface area contributed by atoms with E-state index in [2.05, 4.69) is 25.5 Å². The van der Waals surface area contributed by atoms with E-state index < -0.39 is 11.4 Å². The molecule has 4 heteroatoms. The van der Waals surface area contributed by atoms with Crippen molar-refractivity contribution in [3.05, 3.63) is 30.6 Å². The van der Waals surface area contributed by atoms with Crippen LogP contribution in [0.3, 0.4) is 0 Å². The van der Waals surface area contributed by atoms with E-state index in [4.69, 9.17) is 0 Å². The lowest BCUT2D eigenvalue weighted by molar-refractivity contribution is -0.145. The Balaban J connectivity index is 2.87. The minimum Gasteiger partial charge on any atom is -0.481 e. The summed E-state index contributed by atoms with van der Waals surface area (Å²) in [6.45, 7) is 9.53. The molecule has 0 aliphatic rings. The van der Waals surface area contributed by atoms with Gasteiger partial charge in [0.05, 0.1) is 17.2 Å². The second kappa shape index (κ2) is 5.85. The molecule has 1 atom stereocenters. The summed E-state index contributed by atoms with van der Waals surface area (Å²) in [6.07, 6.45) is 5.83. The first-order valence-corrected chi connectivity index (χ1v) is 6.37. The third-order valence-corrected chi connectivity index (χ3v) is 3.47. The first-order valence-electron chi connectivity index (χ1n) is 6.37. The smallest absolute Gasteiger partial charge is 0.313 e. The molecule has 1 aromatic rings. The van der Waals surface area contributed by atoms with E-state index in [1.807, 2.05) is 16.9 Å². The van der Waals surface area contributed by atoms with Crippen LogP contribution >= 0.6 is 0 Å². The molecule has 0 amide bonds. The van der Waals surface area contributed by atoms with E-state index in [-0.39, 0.29) is 0 Å². The van der Waals surface area contributed by atoms with Gasteiger partial charge in [0.2, 0.25) is 0 Å². The van der Waals surface area contributed by atoms with Crippen LogP contribution in [-0.4, -0.2) is 20.9 Å². The number of carboxylic acids is 1. The Hall–Kier alpha value is -1.58. The molecule has 1 rings (SSSR count). The summed E-state index contributed by atoms with van der Waals surface area (Å²) in [6, 6.07) is 2.28. The number of rotatable bonds is 7. The molecule has 1 heterocycles. The van der Waals surface area contributed by atoms with Crippen LogP contribution in [-0.2, 0) is 11.2 Å². The maximum Gasteiger partial charge on any atom is 0.313 e. The van der Waals surface area contributed by atoms with Crippen LogP contribution in [0.2, 0.25) is 0 Å². The molecule has 4 nitrogen and oxygen atoms in total. The fraction of sp³-hybridized carbons (Fsp3) is 0.571. The molecule has 0 aromatic carbocycles. The Bertz CT molecular complexity index is 421. The van der Waals surface area contributed by atoms with Crippen LogP contribution in [0.1, 0.15) is 45.3 Å². The third-order valence-electron chi connectivity index (χ3n) is 3.47. The number of carboxylic acid groups (broad SMARTS) is 1. The largest absolute Gasteiger partial charge is 0.481 e. The highest BCUT2D eigenvalue weighted by Crippen LogP contribution is 2.24. The van der Waals surface area contributed by atoms with E-state index in [0.717, 1.165) is 18.5 Å². The molecule has 1 unspecified atom stereocenters. The second-order valence-corrected chi connectivity index (χ2v) is 4.86. The van der Waals surface area contributed by atoms with Gasteiger partial charge in [-0.3, -0.25) is 9.48 Å². The van der Waals surface area contributed by atoms with E-state index in [0.29, 0.717) is 12.5 Å². The number of hydrogen-bond donors (Lipinski definition) is 1. The fourth-order valence-electron chi connectivity index (χ4n) is 1.95. The minimum atomic E-state index is -0.951. The fourth-order valence-corrected chi connectivity index (χ4v) is 1.95. The first-order chi connectivity index (χ1) is 8.46. The molecule has 1 aromatic heterocycles. The molecule has 100 valence electrons. The molecule has 0 spiro atoms. The maximum atomic E-state index is 11.2. The van der Waals surface area contributed by atoms with E-state index in [1.54, 1.807) is 6.92 Å². The zero-order valence-electron chi connectivity index (χ0n) is 11.4. The van der Waals surface area contributed by atoms with E-state index in [9.17, 15) is 9.90 Å². The monoisotopic (exact) mass is 250 g/mol. The standard InChI is InChI=1S/C14H22N2O2/c1-5-12(6-2)16-9-8-11(15-16)10-14(4,7-3)13(17)18/h7-9,12H,3,5-6,10H2,1-2,4H3,(H,17,18). The van der Waals surface area contributed by atoms with Gasteiger partial charge in [0.1, 0.15) is 0 Å². The molecule has 0 radical (unpaired) electrons. The van der Waals surface area contributed by atoms with Gasteiger partial charge in [-0.05, 0) is 25.8 Å². The SMILES string of the molecule is C=CC(C)(Cc1ccn(C(CC)CC)n1)C(=O)O. The molecule has 0 bridgehead atoms. The third kappa shape index (κ3) is 3.00. The Labute approximate surface area is 108 Å². The summed E-state index contributed by atoms with van der Waals surface area (Å²) in [4.78, 5) is 11.2. The normalized spacial score (nSPS) is 14.4. The number of aliphatic carboxylic acids is 1. The van der Waals surface area contributed by atoms with Crippen molar-refractivity contribution >= 4 is 5.97 Å². The van der Waals surface area contributed by atoms with Gasteiger partial charge in [0.25, 0.3) is 0 Å². The van der Waals surface area contributed by atoms with Gasteiger partial charge in [-0.2, -0.15) is 5.10 Å². The lowest BCUT2D eigenvalue weighted by atomic mass is 9.86. The zero-order chi connectivity index (χ0) is 13.8. The summed E-state index contributed by atoms with van der Waals surface area (Å²) in [5.41, 5.74) is -0.153. The van der Waals surface area contributed by atoms with Gasteiger partial charge in [0, 0.05) is 12.6 Å². The topological polar surface area (TPSA) is 55.1 Å². The van der Waals surface area contributed by atoms with Crippen LogP contribution in [0.25, 0.3) is 0 Å². The summed E-state index contributed by atoms with van der Waals surface area (Å²) in [5, 5.41) is 13.7. The van der Waals surface area contributed by atoms with Gasteiger partial charge in [-0.15, -0.1) is 6.58 Å². The summed E-state index contributed by atoms with van der Waals surface area (Å²) in [5.74, 6) is -0.866. The number of carbonyl (C=O) groups is 1. The van der Waals surface area contributed by atoms with Gasteiger partial charge >= 0.3 is 5.97 Å². The van der Waals surface area contributed by atoms with Crippen molar-refractivity contribution in [3.63, 3.8) is 0 Å². The first kappa shape index (κ1) is 14.5. The second-order valence-electron chi connectivity index (χ2n) is 4.86. The Morgan fingerprint density at radius 3 is 2.67 bits per heavy atom. The van der Waals surface area contributed by atoms with Crippen molar-refractivity contribution in [1.29, 1.82) is 0 Å². The molecule has 0 aliphatic heterocycles. The van der Waals surface area contributed by atoms with Gasteiger partial charge in [0.15, 0.2) is 0 Å². The predicted molar refractivity (Wildman–Crippen MR) is 71.5 cm³/mol. The lowest BCUT2D eigenvalue weighted by Gasteiger charge is -2.19. The van der Waals surface area contributed by atoms with Gasteiger partial charge < -0.3 is 5.11 Å². The molecule has 0 saturated carbocycles. The average molecular weight is 250 g/mol. The average Bonchev–Trinajstić information content (AvgIpc) is 2.78. The van der Waals surface area contributed by atoms with Crippen molar-refractivity contribution in [2.75, 3.05) is 0 Å². The Morgan fingerprint density at radius 1 is 1.61 bits per heavy atom. The predicted octanol–water partition coefficient (Wildman–Crippen LogP) is 3.06. The Morgan fingerprint density at radius 2 is 2.22 bits per heavy atom. The van der Waals surface area contributed by atoms with Crippen molar-refractivity contribution < 1.29 is 9.90 Å². The zero-order valence-corrected chi connectivity index (χ0v) is 11.4. The molecule has 18 heavy (non-hydrogen) atoms. The van der Waals surface area contributed by atoms with E-state index >= 15 is 0 Å². The van der Waals surface area contributed by atoms with Crippen LogP contribution in [0.15, 0.2) is 24.9 Å². The maximum absolute atomic E-state index is 11.2. The summed E-state index contributed by atoms with van der Waals surface area (Å²) in [7, 11) is 0. The van der Waals surface area contributed by atoms with Crippen molar-refractivity contribution in [2.24, 2.45) is 5.41 Å². The van der Waals surface area contributed by atoms with Crippen LogP contribution in [0.4, 0.5) is 0 Å². The van der Waals surface area contributed by atoms with Crippen molar-refractivity contribution in [2.45, 2.75) is 46.1 Å². The van der Waals surface area contributed by atoms with Crippen LogP contribution in [0, 0.1) is 5.41 Å². The number of hydrogen-bond acceptors (Lipinski definition) is 2. The number of nitrogens with zero attached hydrogens (tertiary/aromatic N) is 2. The minimum absolute atomic E-state index is 0.374. The molecule has 0 aliphatic carbocycles. The van der Waals surface area contributed by atoms with Crippen molar-refractivity contribution in [1.82, 2.24) is 9.78 Å². The highest BCUT2D eigenvalue weighted by Gasteiger charge is 2.30. The highest BCUT2D eigenvalue weighted by molar-refractivity contribution is 5.76. The Kier molecular flexibility index (Phi) is 4.70. The number of aromatic nitrogens is 2. The van der Waals surface area contributed by atoms with Gasteiger partial charge in [-0.1, -0.05) is 19.9 Å². The van der Waals surface area contributed by atoms with E-state index in [1.165, 1.54) is 6.08 Å². The molecular formula is C14H22N2O2. The van der Waals surface area contributed by atoms with Gasteiger partial charge in [-0.25, -0.2) is 0 Å². The molecular weight excluding hydrogens is 228 g/mol. The quantitative estimate of drug-likeness (QED) is 0.757. The highest BCUT2D eigenvalue weighted by atomic mass is 16.4. The van der Waals surface area contributed by atoms with Crippen LogP contribution < -0.4 is 0 Å². The van der Waals surface area contributed by atoms with Crippen molar-refractivity contribution in [3.8, 4) is 0 Å². The molecule has 1 N–H and O–H groups in total. The summed E-state index contributed by atoms with van der Waals surface area (Å²) >= 11 is 0. The lowest BCUT2D eigenvalue weighted by Crippen LogP contribution is -2.27. The molecule has 0 fully saturated rings.